The maximum atomic E-state index is 12.4. The number of ether oxygens (including phenoxy) is 1. The van der Waals surface area contributed by atoms with Crippen molar-refractivity contribution in [2.45, 2.75) is 52.7 Å². The first-order valence-corrected chi connectivity index (χ1v) is 7.84. The highest BCUT2D eigenvalue weighted by molar-refractivity contribution is 5.69. The van der Waals surface area contributed by atoms with Gasteiger partial charge in [-0.1, -0.05) is 12.0 Å². The van der Waals surface area contributed by atoms with Gasteiger partial charge in [0.05, 0.1) is 0 Å². The molecule has 0 bridgehead atoms. The van der Waals surface area contributed by atoms with E-state index < -0.39 is 5.60 Å². The standard InChI is InChI=1S/C19H28N2O2/c1-8-15-10-9-11-16(14-15)20-12-13-21(18(2,3)4)17(22)23-19(5,6)7/h1,9-11,14,20H,12-13H2,2-7H3. The highest BCUT2D eigenvalue weighted by Gasteiger charge is 2.30. The second-order valence-corrected chi connectivity index (χ2v) is 7.45. The topological polar surface area (TPSA) is 41.6 Å². The van der Waals surface area contributed by atoms with Crippen LogP contribution in [0.25, 0.3) is 0 Å². The van der Waals surface area contributed by atoms with Gasteiger partial charge in [0, 0.05) is 29.9 Å². The van der Waals surface area contributed by atoms with Gasteiger partial charge in [-0.25, -0.2) is 4.79 Å². The molecule has 1 N–H and O–H groups in total. The van der Waals surface area contributed by atoms with Gasteiger partial charge < -0.3 is 15.0 Å². The number of nitrogens with one attached hydrogen (secondary N) is 1. The summed E-state index contributed by atoms with van der Waals surface area (Å²) in [5.74, 6) is 2.61. The van der Waals surface area contributed by atoms with E-state index in [1.54, 1.807) is 4.90 Å². The molecule has 1 aromatic carbocycles. The van der Waals surface area contributed by atoms with Crippen LogP contribution in [0.5, 0.6) is 0 Å². The lowest BCUT2D eigenvalue weighted by molar-refractivity contribution is 0.00749. The average molecular weight is 316 g/mol. The Kier molecular flexibility index (Phi) is 6.09. The molecule has 0 heterocycles. The molecule has 0 aliphatic heterocycles. The van der Waals surface area contributed by atoms with Crippen LogP contribution in [-0.4, -0.2) is 35.2 Å². The van der Waals surface area contributed by atoms with Crippen molar-refractivity contribution in [1.82, 2.24) is 4.90 Å². The Balaban J connectivity index is 2.68. The molecular weight excluding hydrogens is 288 g/mol. The summed E-state index contributed by atoms with van der Waals surface area (Å²) in [6.07, 6.45) is 5.10. The Morgan fingerprint density at radius 3 is 2.43 bits per heavy atom. The molecule has 0 radical (unpaired) electrons. The van der Waals surface area contributed by atoms with Gasteiger partial charge in [0.2, 0.25) is 0 Å². The number of carbonyl (C=O) groups is 1. The van der Waals surface area contributed by atoms with E-state index in [0.717, 1.165) is 11.3 Å². The Morgan fingerprint density at radius 1 is 1.26 bits per heavy atom. The number of hydrogen-bond donors (Lipinski definition) is 1. The minimum Gasteiger partial charge on any atom is -0.444 e. The largest absolute Gasteiger partial charge is 0.444 e. The van der Waals surface area contributed by atoms with Gasteiger partial charge in [0.25, 0.3) is 0 Å². The van der Waals surface area contributed by atoms with Crippen LogP contribution in [0.3, 0.4) is 0 Å². The van der Waals surface area contributed by atoms with Crippen molar-refractivity contribution < 1.29 is 9.53 Å². The predicted molar refractivity (Wildman–Crippen MR) is 95.6 cm³/mol. The first-order valence-electron chi connectivity index (χ1n) is 7.84. The molecule has 0 atom stereocenters. The van der Waals surface area contributed by atoms with Gasteiger partial charge in [0.1, 0.15) is 5.60 Å². The first kappa shape index (κ1) is 18.9. The van der Waals surface area contributed by atoms with Gasteiger partial charge in [0.15, 0.2) is 0 Å². The second kappa shape index (κ2) is 7.41. The molecule has 4 heteroatoms. The van der Waals surface area contributed by atoms with Crippen LogP contribution in [0.15, 0.2) is 24.3 Å². The molecule has 0 fully saturated rings. The number of hydrogen-bond acceptors (Lipinski definition) is 3. The molecule has 126 valence electrons. The van der Waals surface area contributed by atoms with Crippen LogP contribution < -0.4 is 5.32 Å². The quantitative estimate of drug-likeness (QED) is 0.850. The van der Waals surface area contributed by atoms with Gasteiger partial charge >= 0.3 is 6.09 Å². The molecule has 4 nitrogen and oxygen atoms in total. The molecule has 0 aromatic heterocycles. The molecule has 0 saturated heterocycles. The average Bonchev–Trinajstić information content (AvgIpc) is 2.40. The van der Waals surface area contributed by atoms with Crippen LogP contribution >= 0.6 is 0 Å². The van der Waals surface area contributed by atoms with E-state index in [1.165, 1.54) is 0 Å². The molecule has 0 aliphatic rings. The summed E-state index contributed by atoms with van der Waals surface area (Å²) in [5, 5.41) is 3.29. The van der Waals surface area contributed by atoms with Crippen LogP contribution in [-0.2, 0) is 4.74 Å². The van der Waals surface area contributed by atoms with Crippen LogP contribution in [0.1, 0.15) is 47.1 Å². The van der Waals surface area contributed by atoms with Crippen molar-refractivity contribution in [2.75, 3.05) is 18.4 Å². The Bertz CT molecular complexity index is 574. The Labute approximate surface area is 140 Å². The molecule has 23 heavy (non-hydrogen) atoms. The minimum atomic E-state index is -0.505. The van der Waals surface area contributed by atoms with Crippen molar-refractivity contribution in [3.8, 4) is 12.3 Å². The van der Waals surface area contributed by atoms with E-state index in [4.69, 9.17) is 11.2 Å². The van der Waals surface area contributed by atoms with E-state index in [2.05, 4.69) is 11.2 Å². The van der Waals surface area contributed by atoms with E-state index in [0.29, 0.717) is 13.1 Å². The monoisotopic (exact) mass is 316 g/mol. The summed E-state index contributed by atoms with van der Waals surface area (Å²) in [7, 11) is 0. The van der Waals surface area contributed by atoms with E-state index in [9.17, 15) is 4.79 Å². The number of rotatable bonds is 4. The second-order valence-electron chi connectivity index (χ2n) is 7.45. The van der Waals surface area contributed by atoms with Gasteiger partial charge in [-0.3, -0.25) is 0 Å². The fraction of sp³-hybridized carbons (Fsp3) is 0.526. The van der Waals surface area contributed by atoms with Crippen molar-refractivity contribution in [3.63, 3.8) is 0 Å². The van der Waals surface area contributed by atoms with Crippen molar-refractivity contribution in [2.24, 2.45) is 0 Å². The lowest BCUT2D eigenvalue weighted by atomic mass is 10.1. The number of nitrogens with zero attached hydrogens (tertiary/aromatic N) is 1. The molecule has 0 unspecified atom stereocenters. The number of benzene rings is 1. The summed E-state index contributed by atoms with van der Waals surface area (Å²) >= 11 is 0. The number of terminal acetylenes is 1. The summed E-state index contributed by atoms with van der Waals surface area (Å²) in [4.78, 5) is 14.1. The van der Waals surface area contributed by atoms with Crippen LogP contribution in [0.2, 0.25) is 0 Å². The smallest absolute Gasteiger partial charge is 0.410 e. The van der Waals surface area contributed by atoms with Gasteiger partial charge in [-0.05, 0) is 59.7 Å². The maximum absolute atomic E-state index is 12.4. The first-order chi connectivity index (χ1) is 10.5. The molecular formula is C19H28N2O2. The number of carbonyl (C=O) groups excluding carboxylic acids is 1. The van der Waals surface area contributed by atoms with Gasteiger partial charge in [-0.15, -0.1) is 6.42 Å². The summed E-state index contributed by atoms with van der Waals surface area (Å²) in [6, 6.07) is 7.66. The Morgan fingerprint density at radius 2 is 1.91 bits per heavy atom. The van der Waals surface area contributed by atoms with Crippen LogP contribution in [0, 0.1) is 12.3 Å². The summed E-state index contributed by atoms with van der Waals surface area (Å²) in [5.41, 5.74) is 0.952. The lowest BCUT2D eigenvalue weighted by Crippen LogP contribution is -2.49. The van der Waals surface area contributed by atoms with E-state index in [1.807, 2.05) is 65.8 Å². The van der Waals surface area contributed by atoms with Crippen molar-refractivity contribution in [1.29, 1.82) is 0 Å². The zero-order valence-corrected chi connectivity index (χ0v) is 15.1. The summed E-state index contributed by atoms with van der Waals surface area (Å²) < 4.78 is 5.50. The van der Waals surface area contributed by atoms with Crippen molar-refractivity contribution >= 4 is 11.8 Å². The van der Waals surface area contributed by atoms with Gasteiger partial charge in [-0.2, -0.15) is 0 Å². The minimum absolute atomic E-state index is 0.302. The zero-order valence-electron chi connectivity index (χ0n) is 15.1. The lowest BCUT2D eigenvalue weighted by Gasteiger charge is -2.37. The molecule has 1 rings (SSSR count). The SMILES string of the molecule is C#Cc1cccc(NCCN(C(=O)OC(C)(C)C)C(C)(C)C)c1. The molecule has 0 aliphatic carbocycles. The fourth-order valence-electron chi connectivity index (χ4n) is 2.05. The molecule has 1 aromatic rings. The summed E-state index contributed by atoms with van der Waals surface area (Å²) in [6.45, 7) is 12.8. The highest BCUT2D eigenvalue weighted by atomic mass is 16.6. The van der Waals surface area contributed by atoms with E-state index in [-0.39, 0.29) is 11.6 Å². The zero-order chi connectivity index (χ0) is 17.7. The third-order valence-electron chi connectivity index (χ3n) is 3.12. The molecule has 0 saturated carbocycles. The molecule has 1 amide bonds. The number of anilines is 1. The normalized spacial score (nSPS) is 11.5. The predicted octanol–water partition coefficient (Wildman–Crippen LogP) is 4.12. The Hall–Kier alpha value is -2.15. The van der Waals surface area contributed by atoms with Crippen molar-refractivity contribution in [3.05, 3.63) is 29.8 Å². The van der Waals surface area contributed by atoms with E-state index >= 15 is 0 Å². The third kappa shape index (κ3) is 6.65. The fourth-order valence-corrected chi connectivity index (χ4v) is 2.05. The molecule has 0 spiro atoms. The van der Waals surface area contributed by atoms with Crippen LogP contribution in [0.4, 0.5) is 10.5 Å². The third-order valence-corrected chi connectivity index (χ3v) is 3.12. The maximum Gasteiger partial charge on any atom is 0.410 e. The highest BCUT2D eigenvalue weighted by Crippen LogP contribution is 2.18. The number of amides is 1.